The number of Topliss-reactive ketones (excluding diaryl/α,β-unsaturated/α-hetero) is 1. The third kappa shape index (κ3) is 4.76. The number of aromatic nitrogens is 1. The quantitative estimate of drug-likeness (QED) is 0.414. The molecule has 1 unspecified atom stereocenters. The molecule has 0 aliphatic heterocycles. The maximum atomic E-state index is 14.5. The first-order chi connectivity index (χ1) is 13.8. The van der Waals surface area contributed by atoms with Gasteiger partial charge in [0.1, 0.15) is 18.5 Å². The summed E-state index contributed by atoms with van der Waals surface area (Å²) in [5.74, 6) is -0.699. The second-order valence-electron chi connectivity index (χ2n) is 7.18. The number of halogens is 2. The molecule has 1 aromatic heterocycles. The van der Waals surface area contributed by atoms with Gasteiger partial charge in [-0.15, -0.1) is 0 Å². The Labute approximate surface area is 181 Å². The molecule has 1 heterocycles. The SMILES string of the molecule is Cn1c(Cc2ccc(I)cc2F)c(C(=O)COCC(O)CO)c2c(c1=O)CCC2. The van der Waals surface area contributed by atoms with Gasteiger partial charge in [0.25, 0.3) is 5.56 Å². The number of aliphatic hydroxyl groups is 2. The number of rotatable bonds is 8. The number of aliphatic hydroxyl groups excluding tert-OH is 2. The van der Waals surface area contributed by atoms with Crippen molar-refractivity contribution in [2.24, 2.45) is 7.05 Å². The molecule has 156 valence electrons. The number of ether oxygens (including phenoxy) is 1. The van der Waals surface area contributed by atoms with E-state index in [0.717, 1.165) is 15.6 Å². The lowest BCUT2D eigenvalue weighted by atomic mass is 9.95. The van der Waals surface area contributed by atoms with Crippen LogP contribution in [0.3, 0.4) is 0 Å². The van der Waals surface area contributed by atoms with Crippen LogP contribution in [0.5, 0.6) is 0 Å². The van der Waals surface area contributed by atoms with Crippen molar-refractivity contribution in [2.75, 3.05) is 19.8 Å². The van der Waals surface area contributed by atoms with Crippen molar-refractivity contribution in [3.63, 3.8) is 0 Å². The van der Waals surface area contributed by atoms with E-state index in [9.17, 15) is 19.1 Å². The molecule has 2 aromatic rings. The first-order valence-corrected chi connectivity index (χ1v) is 10.5. The van der Waals surface area contributed by atoms with Crippen LogP contribution >= 0.6 is 22.6 Å². The third-order valence-electron chi connectivity index (χ3n) is 5.18. The van der Waals surface area contributed by atoms with Crippen LogP contribution in [0.4, 0.5) is 4.39 Å². The van der Waals surface area contributed by atoms with Crippen LogP contribution in [-0.4, -0.2) is 46.5 Å². The highest BCUT2D eigenvalue weighted by Gasteiger charge is 2.28. The van der Waals surface area contributed by atoms with Crippen LogP contribution in [0.15, 0.2) is 23.0 Å². The average Bonchev–Trinajstić information content (AvgIpc) is 3.17. The molecule has 8 heteroatoms. The predicted octanol–water partition coefficient (Wildman–Crippen LogP) is 1.76. The third-order valence-corrected chi connectivity index (χ3v) is 5.85. The number of pyridine rings is 1. The van der Waals surface area contributed by atoms with Crippen LogP contribution in [0.2, 0.25) is 0 Å². The molecule has 0 spiro atoms. The number of hydrogen-bond acceptors (Lipinski definition) is 5. The van der Waals surface area contributed by atoms with Crippen molar-refractivity contribution in [2.45, 2.75) is 31.8 Å². The van der Waals surface area contributed by atoms with Crippen LogP contribution in [0.25, 0.3) is 0 Å². The topological polar surface area (TPSA) is 88.8 Å². The van der Waals surface area contributed by atoms with E-state index in [1.165, 1.54) is 10.6 Å². The number of hydrogen-bond donors (Lipinski definition) is 2. The Balaban J connectivity index is 2.01. The zero-order valence-electron chi connectivity index (χ0n) is 16.1. The zero-order valence-corrected chi connectivity index (χ0v) is 18.2. The fourth-order valence-corrected chi connectivity index (χ4v) is 4.17. The highest BCUT2D eigenvalue weighted by Crippen LogP contribution is 2.28. The maximum absolute atomic E-state index is 14.5. The van der Waals surface area contributed by atoms with Gasteiger partial charge in [0.05, 0.1) is 13.2 Å². The van der Waals surface area contributed by atoms with E-state index in [1.807, 2.05) is 22.6 Å². The molecule has 0 bridgehead atoms. The number of carbonyl (C=O) groups excluding carboxylic acids is 1. The van der Waals surface area contributed by atoms with Gasteiger partial charge in [0.15, 0.2) is 5.78 Å². The van der Waals surface area contributed by atoms with Crippen LogP contribution in [0, 0.1) is 9.39 Å². The maximum Gasteiger partial charge on any atom is 0.254 e. The normalized spacial score (nSPS) is 14.1. The van der Waals surface area contributed by atoms with Crippen LogP contribution < -0.4 is 5.56 Å². The van der Waals surface area contributed by atoms with Gasteiger partial charge >= 0.3 is 0 Å². The van der Waals surface area contributed by atoms with Crippen LogP contribution in [-0.2, 0) is 31.0 Å². The molecule has 3 rings (SSSR count). The Bertz CT molecular complexity index is 988. The van der Waals surface area contributed by atoms with Crippen molar-refractivity contribution >= 4 is 28.4 Å². The molecular weight excluding hydrogens is 492 g/mol. The molecule has 0 amide bonds. The second kappa shape index (κ2) is 9.46. The van der Waals surface area contributed by atoms with E-state index in [4.69, 9.17) is 9.84 Å². The van der Waals surface area contributed by atoms with E-state index >= 15 is 0 Å². The van der Waals surface area contributed by atoms with Gasteiger partial charge in [0, 0.05) is 33.9 Å². The van der Waals surface area contributed by atoms with E-state index in [0.29, 0.717) is 35.2 Å². The average molecular weight is 515 g/mol. The molecule has 1 atom stereocenters. The molecule has 1 aromatic carbocycles. The second-order valence-corrected chi connectivity index (χ2v) is 8.43. The summed E-state index contributed by atoms with van der Waals surface area (Å²) in [6.45, 7) is -0.915. The van der Waals surface area contributed by atoms with E-state index < -0.39 is 12.7 Å². The molecule has 0 fully saturated rings. The van der Waals surface area contributed by atoms with Gasteiger partial charge < -0.3 is 19.5 Å². The van der Waals surface area contributed by atoms with Gasteiger partial charge in [-0.3, -0.25) is 9.59 Å². The van der Waals surface area contributed by atoms with Crippen molar-refractivity contribution < 1.29 is 24.1 Å². The fourth-order valence-electron chi connectivity index (χ4n) is 3.72. The molecule has 0 saturated heterocycles. The monoisotopic (exact) mass is 515 g/mol. The van der Waals surface area contributed by atoms with Crippen LogP contribution in [0.1, 0.15) is 39.2 Å². The molecule has 1 aliphatic rings. The first kappa shape index (κ1) is 22.1. The molecule has 2 N–H and O–H groups in total. The summed E-state index contributed by atoms with van der Waals surface area (Å²) in [7, 11) is 1.61. The fraction of sp³-hybridized carbons (Fsp3) is 0.429. The molecule has 0 saturated carbocycles. The molecular formula is C21H23FINO5. The minimum Gasteiger partial charge on any atom is -0.394 e. The van der Waals surface area contributed by atoms with E-state index in [-0.39, 0.29) is 36.8 Å². The summed E-state index contributed by atoms with van der Waals surface area (Å²) >= 11 is 2.03. The summed E-state index contributed by atoms with van der Waals surface area (Å²) in [4.78, 5) is 25.8. The summed E-state index contributed by atoms with van der Waals surface area (Å²) in [5.41, 5.74) is 2.50. The van der Waals surface area contributed by atoms with Gasteiger partial charge in [-0.25, -0.2) is 4.39 Å². The summed E-state index contributed by atoms with van der Waals surface area (Å²) < 4.78 is 21.9. The van der Waals surface area contributed by atoms with E-state index in [2.05, 4.69) is 0 Å². The smallest absolute Gasteiger partial charge is 0.254 e. The van der Waals surface area contributed by atoms with Gasteiger partial charge in [0.2, 0.25) is 0 Å². The van der Waals surface area contributed by atoms with Crippen molar-refractivity contribution in [3.05, 3.63) is 65.9 Å². The summed E-state index contributed by atoms with van der Waals surface area (Å²) in [6, 6.07) is 4.87. The highest BCUT2D eigenvalue weighted by molar-refractivity contribution is 14.1. The molecule has 6 nitrogen and oxygen atoms in total. The number of ketones is 1. The first-order valence-electron chi connectivity index (χ1n) is 9.40. The Morgan fingerprint density at radius 3 is 2.76 bits per heavy atom. The summed E-state index contributed by atoms with van der Waals surface area (Å²) in [5, 5.41) is 18.3. The Morgan fingerprint density at radius 2 is 2.07 bits per heavy atom. The molecule has 0 radical (unpaired) electrons. The van der Waals surface area contributed by atoms with Crippen molar-refractivity contribution in [1.29, 1.82) is 0 Å². The predicted molar refractivity (Wildman–Crippen MR) is 114 cm³/mol. The lowest BCUT2D eigenvalue weighted by Gasteiger charge is -2.18. The Kier molecular flexibility index (Phi) is 7.20. The minimum absolute atomic E-state index is 0.113. The standard InChI is InChI=1S/C21H23FINO5/c1-24-18(7-12-5-6-13(23)8-17(12)22)20(15-3-2-4-16(15)21(24)28)19(27)11-29-10-14(26)9-25/h5-6,8,14,25-26H,2-4,7,9-11H2,1H3. The number of fused-ring (bicyclic) bond motifs is 1. The van der Waals surface area contributed by atoms with Gasteiger partial charge in [-0.05, 0) is 65.1 Å². The molecule has 29 heavy (non-hydrogen) atoms. The molecule has 1 aliphatic carbocycles. The van der Waals surface area contributed by atoms with E-state index in [1.54, 1.807) is 19.2 Å². The lowest BCUT2D eigenvalue weighted by molar-refractivity contribution is 0.00890. The number of nitrogens with zero attached hydrogens (tertiary/aromatic N) is 1. The minimum atomic E-state index is -1.06. The number of carbonyl (C=O) groups is 1. The largest absolute Gasteiger partial charge is 0.394 e. The van der Waals surface area contributed by atoms with Gasteiger partial charge in [-0.1, -0.05) is 6.07 Å². The van der Waals surface area contributed by atoms with Crippen molar-refractivity contribution in [3.8, 4) is 0 Å². The van der Waals surface area contributed by atoms with Crippen molar-refractivity contribution in [1.82, 2.24) is 4.57 Å². The van der Waals surface area contributed by atoms with Gasteiger partial charge in [-0.2, -0.15) is 0 Å². The Morgan fingerprint density at radius 1 is 1.34 bits per heavy atom. The highest BCUT2D eigenvalue weighted by atomic mass is 127. The summed E-state index contributed by atoms with van der Waals surface area (Å²) in [6.07, 6.45) is 1.07. The zero-order chi connectivity index (χ0) is 21.1. The Hall–Kier alpha value is -1.62. The number of benzene rings is 1. The lowest BCUT2D eigenvalue weighted by Crippen LogP contribution is -2.30.